The van der Waals surface area contributed by atoms with Crippen molar-refractivity contribution in [3.63, 3.8) is 0 Å². The number of hydrogen-bond donors (Lipinski definition) is 2. The lowest BCUT2D eigenvalue weighted by Gasteiger charge is -2.29. The number of para-hydroxylation sites is 1. The van der Waals surface area contributed by atoms with Crippen molar-refractivity contribution in [2.75, 3.05) is 12.4 Å². The van der Waals surface area contributed by atoms with Gasteiger partial charge in [0.2, 0.25) is 0 Å². The van der Waals surface area contributed by atoms with Crippen LogP contribution in [-0.4, -0.2) is 12.2 Å². The van der Waals surface area contributed by atoms with Crippen molar-refractivity contribution >= 4 is 34.0 Å². The summed E-state index contributed by atoms with van der Waals surface area (Å²) >= 11 is 5.33. The van der Waals surface area contributed by atoms with Gasteiger partial charge in [-0.3, -0.25) is 0 Å². The molecule has 2 aromatic carbocycles. The number of hydrogen-bond acceptors (Lipinski definition) is 4. The van der Waals surface area contributed by atoms with Crippen LogP contribution in [0.2, 0.25) is 0 Å². The quantitative estimate of drug-likeness (QED) is 0.553. The van der Waals surface area contributed by atoms with Crippen molar-refractivity contribution in [3.8, 4) is 5.75 Å². The first-order valence-corrected chi connectivity index (χ1v) is 7.85. The van der Waals surface area contributed by atoms with Crippen LogP contribution in [0.4, 0.5) is 5.69 Å². The van der Waals surface area contributed by atoms with Gasteiger partial charge in [0.1, 0.15) is 11.3 Å². The Kier molecular flexibility index (Phi) is 3.46. The molecule has 0 spiro atoms. The second kappa shape index (κ2) is 5.65. The Bertz CT molecular complexity index is 995. The minimum Gasteiger partial charge on any atom is -0.497 e. The van der Waals surface area contributed by atoms with Crippen molar-refractivity contribution in [1.29, 1.82) is 0 Å². The van der Waals surface area contributed by atoms with Crippen LogP contribution >= 0.6 is 12.2 Å². The van der Waals surface area contributed by atoms with Gasteiger partial charge in [-0.05, 0) is 42.0 Å². The molecule has 0 bridgehead atoms. The van der Waals surface area contributed by atoms with E-state index < -0.39 is 0 Å². The smallest absolute Gasteiger partial charge is 0.344 e. The Morgan fingerprint density at radius 3 is 2.62 bits per heavy atom. The summed E-state index contributed by atoms with van der Waals surface area (Å²) in [4.78, 5) is 12.6. The maximum Gasteiger partial charge on any atom is 0.344 e. The first kappa shape index (κ1) is 14.7. The molecule has 6 heteroatoms. The SMILES string of the molecule is COc1ccc(C2NC(=S)Nc3c2c(=O)oc2ccccc32)cc1. The second-order valence-electron chi connectivity index (χ2n) is 5.48. The number of methoxy groups -OCH3 is 1. The van der Waals surface area contributed by atoms with Gasteiger partial charge in [-0.2, -0.15) is 0 Å². The zero-order valence-corrected chi connectivity index (χ0v) is 13.6. The van der Waals surface area contributed by atoms with E-state index in [4.69, 9.17) is 21.4 Å². The molecule has 2 N–H and O–H groups in total. The Hall–Kier alpha value is -2.86. The summed E-state index contributed by atoms with van der Waals surface area (Å²) in [5.41, 5.74) is 2.28. The molecule has 1 unspecified atom stereocenters. The summed E-state index contributed by atoms with van der Waals surface area (Å²) in [5, 5.41) is 7.55. The molecule has 1 aliphatic rings. The molecule has 0 amide bonds. The Morgan fingerprint density at radius 1 is 1.12 bits per heavy atom. The number of rotatable bonds is 2. The fourth-order valence-corrected chi connectivity index (χ4v) is 3.18. The number of ether oxygens (including phenoxy) is 1. The Balaban J connectivity index is 1.94. The summed E-state index contributed by atoms with van der Waals surface area (Å²) in [5.74, 6) is 0.751. The zero-order chi connectivity index (χ0) is 16.7. The third kappa shape index (κ3) is 2.32. The van der Waals surface area contributed by atoms with E-state index in [1.165, 1.54) is 0 Å². The minimum absolute atomic E-state index is 0.375. The van der Waals surface area contributed by atoms with E-state index >= 15 is 0 Å². The number of thiocarbonyl (C=S) groups is 1. The van der Waals surface area contributed by atoms with Gasteiger partial charge in [-0.25, -0.2) is 4.79 Å². The molecule has 0 saturated carbocycles. The highest BCUT2D eigenvalue weighted by molar-refractivity contribution is 7.80. The standard InChI is InChI=1S/C18H14N2O3S/c1-22-11-8-6-10(7-9-11)15-14-16(20-18(24)19-15)12-4-2-3-5-13(12)23-17(14)21/h2-9,15H,1H3,(H2,19,20,24). The van der Waals surface area contributed by atoms with E-state index in [0.717, 1.165) is 16.7 Å². The molecule has 2 heterocycles. The molecular formula is C18H14N2O3S. The van der Waals surface area contributed by atoms with Gasteiger partial charge in [0.15, 0.2) is 5.11 Å². The second-order valence-corrected chi connectivity index (χ2v) is 5.89. The van der Waals surface area contributed by atoms with Crippen LogP contribution in [0.25, 0.3) is 11.0 Å². The molecule has 24 heavy (non-hydrogen) atoms. The maximum atomic E-state index is 12.6. The summed E-state index contributed by atoms with van der Waals surface area (Å²) in [6, 6.07) is 14.5. The molecule has 4 rings (SSSR count). The topological polar surface area (TPSA) is 63.5 Å². The normalized spacial score (nSPS) is 16.2. The first-order chi connectivity index (χ1) is 11.7. The van der Waals surface area contributed by atoms with Gasteiger partial charge >= 0.3 is 5.63 Å². The lowest BCUT2D eigenvalue weighted by Crippen LogP contribution is -2.41. The molecule has 0 radical (unpaired) electrons. The van der Waals surface area contributed by atoms with Crippen LogP contribution in [0.15, 0.2) is 57.7 Å². The van der Waals surface area contributed by atoms with Gasteiger partial charge in [-0.1, -0.05) is 24.3 Å². The molecule has 0 aliphatic carbocycles. The summed E-state index contributed by atoms with van der Waals surface area (Å²) < 4.78 is 10.7. The molecule has 1 aliphatic heterocycles. The summed E-state index contributed by atoms with van der Waals surface area (Å²) in [6.45, 7) is 0. The first-order valence-electron chi connectivity index (χ1n) is 7.44. The van der Waals surface area contributed by atoms with Gasteiger partial charge in [-0.15, -0.1) is 0 Å². The van der Waals surface area contributed by atoms with Crippen molar-refractivity contribution in [2.45, 2.75) is 6.04 Å². The Morgan fingerprint density at radius 2 is 1.88 bits per heavy atom. The van der Waals surface area contributed by atoms with E-state index in [9.17, 15) is 4.79 Å². The van der Waals surface area contributed by atoms with E-state index in [-0.39, 0.29) is 11.7 Å². The monoisotopic (exact) mass is 338 g/mol. The predicted octanol–water partition coefficient (Wildman–Crippen LogP) is 3.19. The number of anilines is 1. The van der Waals surface area contributed by atoms with Crippen molar-refractivity contribution in [1.82, 2.24) is 5.32 Å². The average molecular weight is 338 g/mol. The lowest BCUT2D eigenvalue weighted by molar-refractivity contribution is 0.414. The van der Waals surface area contributed by atoms with Gasteiger partial charge in [0, 0.05) is 5.39 Å². The highest BCUT2D eigenvalue weighted by atomic mass is 32.1. The van der Waals surface area contributed by atoms with Crippen molar-refractivity contribution in [3.05, 3.63) is 70.1 Å². The largest absolute Gasteiger partial charge is 0.497 e. The fraction of sp³-hybridized carbons (Fsp3) is 0.111. The van der Waals surface area contributed by atoms with Gasteiger partial charge < -0.3 is 19.8 Å². The molecular weight excluding hydrogens is 324 g/mol. The summed E-state index contributed by atoms with van der Waals surface area (Å²) in [7, 11) is 1.61. The van der Waals surface area contributed by atoms with Gasteiger partial charge in [0.05, 0.1) is 24.4 Å². The predicted molar refractivity (Wildman–Crippen MR) is 96.7 cm³/mol. The molecule has 120 valence electrons. The molecule has 0 fully saturated rings. The van der Waals surface area contributed by atoms with E-state index in [0.29, 0.717) is 21.9 Å². The number of nitrogens with one attached hydrogen (secondary N) is 2. The van der Waals surface area contributed by atoms with E-state index in [1.807, 2.05) is 42.5 Å². The molecule has 1 aromatic heterocycles. The highest BCUT2D eigenvalue weighted by Crippen LogP contribution is 2.34. The minimum atomic E-state index is -0.382. The van der Waals surface area contributed by atoms with Crippen molar-refractivity contribution < 1.29 is 9.15 Å². The number of fused-ring (bicyclic) bond motifs is 3. The van der Waals surface area contributed by atoms with Gasteiger partial charge in [0.25, 0.3) is 0 Å². The van der Waals surface area contributed by atoms with Crippen LogP contribution in [0.3, 0.4) is 0 Å². The van der Waals surface area contributed by atoms with E-state index in [1.54, 1.807) is 13.2 Å². The fourth-order valence-electron chi connectivity index (χ4n) is 2.96. The lowest BCUT2D eigenvalue weighted by atomic mass is 9.95. The van der Waals surface area contributed by atoms with Crippen LogP contribution in [0.5, 0.6) is 5.75 Å². The molecule has 5 nitrogen and oxygen atoms in total. The van der Waals surface area contributed by atoms with Crippen LogP contribution in [0, 0.1) is 0 Å². The van der Waals surface area contributed by atoms with E-state index in [2.05, 4.69) is 10.6 Å². The average Bonchev–Trinajstić information content (AvgIpc) is 2.61. The van der Waals surface area contributed by atoms with Crippen LogP contribution in [0.1, 0.15) is 17.2 Å². The van der Waals surface area contributed by atoms with Crippen molar-refractivity contribution in [2.24, 2.45) is 0 Å². The van der Waals surface area contributed by atoms with Crippen LogP contribution in [-0.2, 0) is 0 Å². The third-order valence-electron chi connectivity index (χ3n) is 4.10. The number of benzene rings is 2. The zero-order valence-electron chi connectivity index (χ0n) is 12.8. The highest BCUT2D eigenvalue weighted by Gasteiger charge is 2.29. The van der Waals surface area contributed by atoms with Crippen LogP contribution < -0.4 is 21.0 Å². The molecule has 3 aromatic rings. The summed E-state index contributed by atoms with van der Waals surface area (Å²) in [6.07, 6.45) is 0. The maximum absolute atomic E-state index is 12.6. The Labute approximate surface area is 143 Å². The molecule has 0 saturated heterocycles. The third-order valence-corrected chi connectivity index (χ3v) is 4.32. The molecule has 1 atom stereocenters.